The number of imidazole rings is 1. The molecule has 0 unspecified atom stereocenters. The zero-order valence-electron chi connectivity index (χ0n) is 16.0. The first-order valence-corrected chi connectivity index (χ1v) is 9.13. The molecule has 9 heteroatoms. The summed E-state index contributed by atoms with van der Waals surface area (Å²) >= 11 is 0. The van der Waals surface area contributed by atoms with E-state index in [1.54, 1.807) is 0 Å². The fourth-order valence-electron chi connectivity index (χ4n) is 3.09. The number of amides is 1. The summed E-state index contributed by atoms with van der Waals surface area (Å²) in [5.41, 5.74) is 2.93. The molecule has 1 aliphatic carbocycles. The fraction of sp³-hybridized carbons (Fsp3) is 0.368. The Kier molecular flexibility index (Phi) is 4.50. The topological polar surface area (TPSA) is 108 Å². The summed E-state index contributed by atoms with van der Waals surface area (Å²) in [5.74, 6) is 1.35. The molecule has 3 aromatic heterocycles. The predicted octanol–water partition coefficient (Wildman–Crippen LogP) is 1.66. The van der Waals surface area contributed by atoms with Crippen molar-refractivity contribution in [3.63, 3.8) is 0 Å². The van der Waals surface area contributed by atoms with Crippen LogP contribution in [0.1, 0.15) is 41.7 Å². The summed E-state index contributed by atoms with van der Waals surface area (Å²) < 4.78 is 3.14. The number of nitrogens with one attached hydrogen (secondary N) is 1. The summed E-state index contributed by atoms with van der Waals surface area (Å²) in [7, 11) is 0. The van der Waals surface area contributed by atoms with E-state index in [9.17, 15) is 9.59 Å². The molecule has 1 amide bonds. The van der Waals surface area contributed by atoms with Gasteiger partial charge >= 0.3 is 0 Å². The Morgan fingerprint density at radius 3 is 2.46 bits per heavy atom. The minimum absolute atomic E-state index is 0.114. The maximum Gasteiger partial charge on any atom is 0.254 e. The van der Waals surface area contributed by atoms with Crippen molar-refractivity contribution in [2.75, 3.05) is 5.32 Å². The monoisotopic (exact) mass is 379 g/mol. The van der Waals surface area contributed by atoms with Crippen LogP contribution in [-0.4, -0.2) is 35.0 Å². The maximum atomic E-state index is 12.3. The molecule has 0 saturated heterocycles. The van der Waals surface area contributed by atoms with Crippen LogP contribution in [0, 0.1) is 20.8 Å². The van der Waals surface area contributed by atoms with Crippen LogP contribution in [0.4, 0.5) is 5.69 Å². The molecule has 0 aliphatic heterocycles. The highest BCUT2D eigenvalue weighted by molar-refractivity contribution is 5.90. The van der Waals surface area contributed by atoms with Crippen LogP contribution in [-0.2, 0) is 11.3 Å². The summed E-state index contributed by atoms with van der Waals surface area (Å²) in [5, 5.41) is 2.70. The Balaban J connectivity index is 1.44. The molecule has 0 bridgehead atoms. The second-order valence-corrected chi connectivity index (χ2v) is 7.04. The number of aryl methyl sites for hydroxylation is 2. The average molecular weight is 379 g/mol. The number of hydrogen-bond acceptors (Lipinski definition) is 6. The zero-order chi connectivity index (χ0) is 19.8. The molecule has 28 heavy (non-hydrogen) atoms. The highest BCUT2D eigenvalue weighted by Gasteiger charge is 2.25. The molecular formula is C19H21N7O2. The first-order chi connectivity index (χ1) is 13.4. The minimum atomic E-state index is -0.342. The van der Waals surface area contributed by atoms with E-state index in [1.165, 1.54) is 29.4 Å². The molecular weight excluding hydrogens is 358 g/mol. The quantitative estimate of drug-likeness (QED) is 0.722. The van der Waals surface area contributed by atoms with E-state index >= 15 is 0 Å². The first-order valence-electron chi connectivity index (χ1n) is 9.13. The second-order valence-electron chi connectivity index (χ2n) is 7.04. The van der Waals surface area contributed by atoms with Gasteiger partial charge in [-0.1, -0.05) is 0 Å². The minimum Gasteiger partial charge on any atom is -0.322 e. The van der Waals surface area contributed by atoms with Crippen molar-refractivity contribution in [1.82, 2.24) is 29.1 Å². The summed E-state index contributed by atoms with van der Waals surface area (Å²) in [6.07, 6.45) is 6.65. The second kappa shape index (κ2) is 6.99. The summed E-state index contributed by atoms with van der Waals surface area (Å²) in [6.45, 7) is 5.66. The molecule has 0 radical (unpaired) electrons. The molecule has 9 nitrogen and oxygen atoms in total. The molecule has 0 atom stereocenters. The normalized spacial score (nSPS) is 13.5. The van der Waals surface area contributed by atoms with Gasteiger partial charge in [0.2, 0.25) is 11.9 Å². The van der Waals surface area contributed by atoms with Crippen LogP contribution in [0.15, 0.2) is 29.6 Å². The molecule has 1 fully saturated rings. The van der Waals surface area contributed by atoms with Crippen LogP contribution in [0.3, 0.4) is 0 Å². The number of anilines is 1. The van der Waals surface area contributed by atoms with Crippen LogP contribution >= 0.6 is 0 Å². The summed E-state index contributed by atoms with van der Waals surface area (Å²) in [4.78, 5) is 41.7. The molecule has 144 valence electrons. The molecule has 3 heterocycles. The van der Waals surface area contributed by atoms with Gasteiger partial charge in [-0.3, -0.25) is 18.7 Å². The Morgan fingerprint density at radius 2 is 1.89 bits per heavy atom. The maximum absolute atomic E-state index is 12.3. The van der Waals surface area contributed by atoms with Gasteiger partial charge in [-0.05, 0) is 33.6 Å². The van der Waals surface area contributed by atoms with E-state index < -0.39 is 0 Å². The van der Waals surface area contributed by atoms with Crippen molar-refractivity contribution < 1.29 is 4.79 Å². The highest BCUT2D eigenvalue weighted by Crippen LogP contribution is 2.38. The number of rotatable bonds is 5. The van der Waals surface area contributed by atoms with Gasteiger partial charge in [0.05, 0.1) is 35.8 Å². The van der Waals surface area contributed by atoms with Crippen LogP contribution in [0.25, 0.3) is 5.95 Å². The van der Waals surface area contributed by atoms with E-state index in [2.05, 4.69) is 25.3 Å². The van der Waals surface area contributed by atoms with Crippen LogP contribution < -0.4 is 10.9 Å². The van der Waals surface area contributed by atoms with Crippen molar-refractivity contribution in [2.24, 2.45) is 0 Å². The van der Waals surface area contributed by atoms with Gasteiger partial charge in [-0.15, -0.1) is 0 Å². The molecule has 1 aliphatic rings. The SMILES string of the molecule is Cc1nc(C)n(-c2ncc(NC(=O)Cn3cnc(C4CC4)cc3=O)cn2)c1C. The number of carbonyl (C=O) groups is 1. The smallest absolute Gasteiger partial charge is 0.254 e. The van der Waals surface area contributed by atoms with Crippen molar-refractivity contribution >= 4 is 11.6 Å². The lowest BCUT2D eigenvalue weighted by Crippen LogP contribution is -2.28. The van der Waals surface area contributed by atoms with E-state index in [1.807, 2.05) is 25.3 Å². The highest BCUT2D eigenvalue weighted by atomic mass is 16.2. The molecule has 4 rings (SSSR count). The average Bonchev–Trinajstić information content (AvgIpc) is 3.46. The van der Waals surface area contributed by atoms with Gasteiger partial charge in [0.25, 0.3) is 5.56 Å². The van der Waals surface area contributed by atoms with Gasteiger partial charge in [0.15, 0.2) is 0 Å². The third-order valence-corrected chi connectivity index (χ3v) is 4.84. The Morgan fingerprint density at radius 1 is 1.18 bits per heavy atom. The third-order valence-electron chi connectivity index (χ3n) is 4.84. The lowest BCUT2D eigenvalue weighted by molar-refractivity contribution is -0.116. The van der Waals surface area contributed by atoms with Crippen molar-refractivity contribution in [3.8, 4) is 5.95 Å². The zero-order valence-corrected chi connectivity index (χ0v) is 16.0. The fourth-order valence-corrected chi connectivity index (χ4v) is 3.09. The molecule has 1 saturated carbocycles. The number of hydrogen-bond donors (Lipinski definition) is 1. The first kappa shape index (κ1) is 18.0. The molecule has 0 spiro atoms. The lowest BCUT2D eigenvalue weighted by atomic mass is 10.3. The van der Waals surface area contributed by atoms with E-state index in [0.29, 0.717) is 17.6 Å². The Labute approximate surface area is 161 Å². The van der Waals surface area contributed by atoms with Crippen molar-refractivity contribution in [1.29, 1.82) is 0 Å². The van der Waals surface area contributed by atoms with Gasteiger partial charge < -0.3 is 5.32 Å². The molecule has 0 aromatic carbocycles. The molecule has 3 aromatic rings. The van der Waals surface area contributed by atoms with Crippen molar-refractivity contribution in [2.45, 2.75) is 46.1 Å². The van der Waals surface area contributed by atoms with E-state index in [4.69, 9.17) is 0 Å². The summed E-state index contributed by atoms with van der Waals surface area (Å²) in [6, 6.07) is 1.51. The number of nitrogens with zero attached hydrogens (tertiary/aromatic N) is 6. The standard InChI is InChI=1S/C19H21N7O2/c1-11-12(2)26(13(3)23-11)19-20-7-15(8-21-19)24-17(27)9-25-10-22-16(6-18(25)28)14-4-5-14/h6-8,10,14H,4-5,9H2,1-3H3,(H,24,27). The largest absolute Gasteiger partial charge is 0.322 e. The molecule has 1 N–H and O–H groups in total. The van der Waals surface area contributed by atoms with Gasteiger partial charge in [-0.25, -0.2) is 19.9 Å². The number of carbonyl (C=O) groups excluding carboxylic acids is 1. The Bertz CT molecular complexity index is 1090. The van der Waals surface area contributed by atoms with Gasteiger partial charge in [0.1, 0.15) is 12.4 Å². The predicted molar refractivity (Wildman–Crippen MR) is 102 cm³/mol. The van der Waals surface area contributed by atoms with Crippen molar-refractivity contribution in [3.05, 3.63) is 58.0 Å². The third kappa shape index (κ3) is 3.55. The van der Waals surface area contributed by atoms with Gasteiger partial charge in [-0.2, -0.15) is 0 Å². The van der Waals surface area contributed by atoms with Crippen LogP contribution in [0.5, 0.6) is 0 Å². The lowest BCUT2D eigenvalue weighted by Gasteiger charge is -2.09. The van der Waals surface area contributed by atoms with Crippen LogP contribution in [0.2, 0.25) is 0 Å². The Hall–Kier alpha value is -3.36. The van der Waals surface area contributed by atoms with E-state index in [0.717, 1.165) is 35.7 Å². The van der Waals surface area contributed by atoms with Gasteiger partial charge in [0, 0.05) is 17.7 Å². The number of aromatic nitrogens is 6. The van der Waals surface area contributed by atoms with E-state index in [-0.39, 0.29) is 18.0 Å².